The van der Waals surface area contributed by atoms with Gasteiger partial charge in [0.15, 0.2) is 0 Å². The topological polar surface area (TPSA) is 0 Å². The predicted octanol–water partition coefficient (Wildman–Crippen LogP) is 6.73. The molecule has 0 aromatic heterocycles. The molecule has 24 heavy (non-hydrogen) atoms. The van der Waals surface area contributed by atoms with E-state index in [4.69, 9.17) is 17.2 Å². The first-order valence-electron chi connectivity index (χ1n) is 8.27. The van der Waals surface area contributed by atoms with Gasteiger partial charge >= 0.3 is 152 Å². The van der Waals surface area contributed by atoms with E-state index in [1.165, 1.54) is 33.4 Å². The minimum atomic E-state index is -4.62. The molecule has 2 aromatic rings. The van der Waals surface area contributed by atoms with E-state index in [0.717, 1.165) is 0 Å². The summed E-state index contributed by atoms with van der Waals surface area (Å²) >= 11 is -4.62. The monoisotopic (exact) mass is 522 g/mol. The van der Waals surface area contributed by atoms with Crippen molar-refractivity contribution in [3.05, 3.63) is 81.9 Å². The van der Waals surface area contributed by atoms with Gasteiger partial charge in [0.05, 0.1) is 0 Å². The normalized spacial score (nSPS) is 22.7. The molecule has 0 fully saturated rings. The molecule has 122 valence electrons. The molecule has 2 atom stereocenters. The van der Waals surface area contributed by atoms with Crippen molar-refractivity contribution in [3.8, 4) is 0 Å². The third-order valence-electron chi connectivity index (χ3n) is 5.47. The molecular weight excluding hydrogens is 502 g/mol. The quantitative estimate of drug-likeness (QED) is 0.384. The summed E-state index contributed by atoms with van der Waals surface area (Å²) in [6.07, 6.45) is 4.46. The Hall–Kier alpha value is -0.760. The van der Waals surface area contributed by atoms with Crippen LogP contribution in [-0.2, 0) is 15.7 Å². The second kappa shape index (κ2) is 5.37. The second-order valence-electron chi connectivity index (χ2n) is 7.25. The number of rotatable bonds is 2. The van der Waals surface area contributed by atoms with Gasteiger partial charge in [-0.3, -0.25) is 0 Å². The molecule has 3 heteroatoms. The summed E-state index contributed by atoms with van der Waals surface area (Å²) in [6.45, 7) is 4.30. The third-order valence-corrected chi connectivity index (χ3v) is 26.6. The Balaban J connectivity index is 1.93. The van der Waals surface area contributed by atoms with Gasteiger partial charge in [-0.15, -0.1) is 0 Å². The van der Waals surface area contributed by atoms with Crippen LogP contribution in [0.5, 0.6) is 0 Å². The Bertz CT molecular complexity index is 901. The van der Waals surface area contributed by atoms with E-state index in [1.54, 1.807) is 0 Å². The van der Waals surface area contributed by atoms with E-state index in [-0.39, 0.29) is 7.35 Å². The first kappa shape index (κ1) is 16.7. The Morgan fingerprint density at radius 3 is 1.54 bits per heavy atom. The van der Waals surface area contributed by atoms with Gasteiger partial charge in [0.1, 0.15) is 0 Å². The van der Waals surface area contributed by atoms with Crippen molar-refractivity contribution in [1.29, 1.82) is 0 Å². The summed E-state index contributed by atoms with van der Waals surface area (Å²) in [5, 5.41) is 0. The summed E-state index contributed by atoms with van der Waals surface area (Å²) < 4.78 is 4.77. The summed E-state index contributed by atoms with van der Waals surface area (Å²) in [4.78, 5) is 0. The van der Waals surface area contributed by atoms with Gasteiger partial charge in [0, 0.05) is 0 Å². The molecule has 0 saturated heterocycles. The SMILES string of the molecule is [CH2]=[Hf]([Cl])([Cl])([CH]1C(C)=Cc2ccccc21)[CH]1C(C)=Cc2ccccc21. The maximum absolute atomic E-state index is 7.44. The Morgan fingerprint density at radius 1 is 0.750 bits per heavy atom. The zero-order chi connectivity index (χ0) is 17.1. The van der Waals surface area contributed by atoms with Gasteiger partial charge in [0.2, 0.25) is 0 Å². The van der Waals surface area contributed by atoms with Gasteiger partial charge in [-0.2, -0.15) is 0 Å². The third kappa shape index (κ3) is 2.32. The van der Waals surface area contributed by atoms with E-state index in [2.05, 4.69) is 78.8 Å². The molecule has 0 heterocycles. The average Bonchev–Trinajstić information content (AvgIpc) is 3.02. The number of hydrogen-bond acceptors (Lipinski definition) is 0. The summed E-state index contributed by atoms with van der Waals surface area (Å²) in [5.74, 6) is 0. The van der Waals surface area contributed by atoms with E-state index in [9.17, 15) is 0 Å². The van der Waals surface area contributed by atoms with Crippen molar-refractivity contribution in [1.82, 2.24) is 0 Å². The molecule has 0 aliphatic heterocycles. The molecule has 0 bridgehead atoms. The van der Waals surface area contributed by atoms with E-state index in [0.29, 0.717) is 0 Å². The van der Waals surface area contributed by atoms with Crippen LogP contribution < -0.4 is 0 Å². The van der Waals surface area contributed by atoms with E-state index in [1.807, 2.05) is 0 Å². The summed E-state index contributed by atoms with van der Waals surface area (Å²) in [6, 6.07) is 16.9. The molecule has 2 aliphatic carbocycles. The van der Waals surface area contributed by atoms with Gasteiger partial charge in [0.25, 0.3) is 0 Å². The summed E-state index contributed by atoms with van der Waals surface area (Å²) in [5.41, 5.74) is 7.49. The molecule has 2 aromatic carbocycles. The Kier molecular flexibility index (Phi) is 3.73. The zero-order valence-electron chi connectivity index (χ0n) is 13.9. The fraction of sp³-hybridized carbons (Fsp3) is 0.190. The molecular formula is C21H20Cl2Hf. The van der Waals surface area contributed by atoms with Crippen LogP contribution in [0.2, 0.25) is 0 Å². The number of allylic oxidation sites excluding steroid dienone is 2. The molecule has 4 rings (SSSR count). The molecule has 0 nitrogen and oxygen atoms in total. The fourth-order valence-corrected chi connectivity index (χ4v) is 29.1. The van der Waals surface area contributed by atoms with E-state index >= 15 is 0 Å². The number of fused-ring (bicyclic) bond motifs is 2. The molecule has 0 spiro atoms. The van der Waals surface area contributed by atoms with Crippen LogP contribution in [0.3, 0.4) is 0 Å². The van der Waals surface area contributed by atoms with Crippen LogP contribution in [0.1, 0.15) is 43.5 Å². The first-order chi connectivity index (χ1) is 11.3. The zero-order valence-corrected chi connectivity index (χ0v) is 19.0. The fourth-order valence-electron chi connectivity index (χ4n) is 4.69. The van der Waals surface area contributed by atoms with Crippen molar-refractivity contribution in [2.45, 2.75) is 21.2 Å². The molecule has 0 amide bonds. The van der Waals surface area contributed by atoms with Gasteiger partial charge < -0.3 is 0 Å². The van der Waals surface area contributed by atoms with Crippen LogP contribution in [0.15, 0.2) is 59.7 Å². The van der Waals surface area contributed by atoms with Gasteiger partial charge in [-0.1, -0.05) is 0 Å². The van der Waals surface area contributed by atoms with Crippen LogP contribution in [0, 0.1) is 0 Å². The van der Waals surface area contributed by atoms with Crippen molar-refractivity contribution in [2.75, 3.05) is 0 Å². The van der Waals surface area contributed by atoms with Crippen LogP contribution in [0.25, 0.3) is 12.2 Å². The number of benzene rings is 2. The molecule has 0 saturated carbocycles. The van der Waals surface area contributed by atoms with E-state index < -0.39 is 15.7 Å². The van der Waals surface area contributed by atoms with Crippen LogP contribution >= 0.6 is 17.2 Å². The number of halogens is 2. The van der Waals surface area contributed by atoms with Crippen molar-refractivity contribution in [2.24, 2.45) is 0 Å². The Morgan fingerprint density at radius 2 is 1.12 bits per heavy atom. The van der Waals surface area contributed by atoms with Crippen LogP contribution in [0.4, 0.5) is 0 Å². The van der Waals surface area contributed by atoms with Gasteiger partial charge in [-0.05, 0) is 0 Å². The predicted molar refractivity (Wildman–Crippen MR) is 104 cm³/mol. The van der Waals surface area contributed by atoms with Crippen molar-refractivity contribution in [3.63, 3.8) is 0 Å². The maximum atomic E-state index is 7.44. The average molecular weight is 522 g/mol. The molecule has 0 N–H and O–H groups in total. The van der Waals surface area contributed by atoms with Gasteiger partial charge in [-0.25, -0.2) is 0 Å². The Labute approximate surface area is 151 Å². The summed E-state index contributed by atoms with van der Waals surface area (Å²) in [7, 11) is 14.9. The first-order valence-corrected chi connectivity index (χ1v) is 23.9. The standard InChI is InChI=1S/2C10H9.CH2.2ClH.Hf/c2*1-8-6-9-4-2-3-5-10(9)7-8;;;;/h2*2-7H,1H3;1H2;2*1H;/q;;;;;+2/p-2. The molecule has 2 unspecified atom stereocenters. The molecule has 0 radical (unpaired) electrons. The number of hydrogen-bond donors (Lipinski definition) is 0. The van der Waals surface area contributed by atoms with Crippen molar-refractivity contribution < 1.29 is 15.7 Å². The molecule has 2 aliphatic rings. The van der Waals surface area contributed by atoms with Crippen molar-refractivity contribution >= 4 is 33.6 Å². The second-order valence-corrected chi connectivity index (χ2v) is 37.3. The van der Waals surface area contributed by atoms with Crippen LogP contribution in [-0.4, -0.2) is 4.26 Å². The minimum absolute atomic E-state index is 0.0704.